The van der Waals surface area contributed by atoms with E-state index in [9.17, 15) is 43.2 Å². The third-order valence-corrected chi connectivity index (χ3v) is 5.59. The zero-order chi connectivity index (χ0) is 15.0. The van der Waals surface area contributed by atoms with E-state index < -0.39 is 41.7 Å². The van der Waals surface area contributed by atoms with E-state index in [0.29, 0.717) is 6.08 Å². The maximum atomic E-state index is 12.1. The average Bonchev–Trinajstić information content (AvgIpc) is 2.09. The molecule has 0 radical (unpaired) electrons. The molecule has 0 N–H and O–H groups in total. The van der Waals surface area contributed by atoms with Crippen LogP contribution >= 0.6 is 0 Å². The Morgan fingerprint density at radius 1 is 0.889 bits per heavy atom. The molecule has 108 valence electrons. The predicted molar refractivity (Wildman–Crippen MR) is 48.0 cm³/mol. The van der Waals surface area contributed by atoms with Crippen molar-refractivity contribution >= 4 is 19.7 Å². The minimum absolute atomic E-state index is 0.307. The number of sulfone groups is 2. The second-order valence-corrected chi connectivity index (χ2v) is 6.95. The Hall–Kier alpha value is -0.780. The molecule has 12 heteroatoms. The molecule has 0 unspecified atom stereocenters. The molecule has 0 saturated carbocycles. The molecular weight excluding hydrogens is 314 g/mol. The van der Waals surface area contributed by atoms with Gasteiger partial charge in [-0.3, -0.25) is 16.8 Å². The zero-order valence-corrected chi connectivity index (χ0v) is 9.84. The molecule has 0 aliphatic rings. The second-order valence-electron chi connectivity index (χ2n) is 2.76. The standard InChI is InChI=1S/C6H5F6O4S2/c1-2-3-4(17(13,14)5(7,8)9)18(15,16)6(10,11)12/h2H,1,3H2/q-1. The highest BCUT2D eigenvalue weighted by Crippen LogP contribution is 2.42. The van der Waals surface area contributed by atoms with Crippen LogP contribution in [-0.4, -0.2) is 27.9 Å². The van der Waals surface area contributed by atoms with E-state index in [2.05, 4.69) is 6.58 Å². The lowest BCUT2D eigenvalue weighted by Crippen LogP contribution is -2.39. The van der Waals surface area contributed by atoms with E-state index in [4.69, 9.17) is 0 Å². The van der Waals surface area contributed by atoms with Crippen molar-refractivity contribution in [2.75, 3.05) is 0 Å². The maximum absolute atomic E-state index is 12.1. The molecular formula is C6H5F6O4S2-. The van der Waals surface area contributed by atoms with Crippen molar-refractivity contribution in [3.8, 4) is 0 Å². The van der Waals surface area contributed by atoms with Crippen molar-refractivity contribution in [1.29, 1.82) is 0 Å². The van der Waals surface area contributed by atoms with Crippen LogP contribution < -0.4 is 0 Å². The van der Waals surface area contributed by atoms with Gasteiger partial charge in [0.25, 0.3) is 0 Å². The molecule has 0 rings (SSSR count). The van der Waals surface area contributed by atoms with Crippen LogP contribution in [0.15, 0.2) is 12.7 Å². The van der Waals surface area contributed by atoms with Gasteiger partial charge in [-0.05, 0) is 0 Å². The van der Waals surface area contributed by atoms with Gasteiger partial charge < -0.3 is 0 Å². The molecule has 0 heterocycles. The van der Waals surface area contributed by atoms with E-state index in [0.717, 1.165) is 0 Å². The van der Waals surface area contributed by atoms with Crippen molar-refractivity contribution in [1.82, 2.24) is 0 Å². The van der Waals surface area contributed by atoms with Crippen molar-refractivity contribution < 1.29 is 43.2 Å². The van der Waals surface area contributed by atoms with Gasteiger partial charge in [0.1, 0.15) is 19.7 Å². The van der Waals surface area contributed by atoms with Gasteiger partial charge in [-0.2, -0.15) is 26.3 Å². The van der Waals surface area contributed by atoms with Gasteiger partial charge in [0, 0.05) is 0 Å². The second kappa shape index (κ2) is 4.72. The van der Waals surface area contributed by atoms with Crippen LogP contribution in [0, 0.1) is 4.58 Å². The lowest BCUT2D eigenvalue weighted by molar-refractivity contribution is -0.0455. The summed E-state index contributed by atoms with van der Waals surface area (Å²) in [7, 11) is -13.2. The third kappa shape index (κ3) is 2.96. The van der Waals surface area contributed by atoms with Crippen molar-refractivity contribution in [2.24, 2.45) is 0 Å². The quantitative estimate of drug-likeness (QED) is 0.451. The van der Waals surface area contributed by atoms with Crippen LogP contribution in [0.4, 0.5) is 26.3 Å². The highest BCUT2D eigenvalue weighted by atomic mass is 32.3. The van der Waals surface area contributed by atoms with Crippen LogP contribution in [0.2, 0.25) is 0 Å². The fraction of sp³-hybridized carbons (Fsp3) is 0.500. The summed E-state index contributed by atoms with van der Waals surface area (Å²) in [6.45, 7) is 2.71. The lowest BCUT2D eigenvalue weighted by atomic mass is 10.5. The smallest absolute Gasteiger partial charge is 0.252 e. The summed E-state index contributed by atoms with van der Waals surface area (Å²) in [6, 6.07) is 0. The Morgan fingerprint density at radius 2 is 1.17 bits per heavy atom. The number of alkyl halides is 6. The fourth-order valence-electron chi connectivity index (χ4n) is 0.740. The summed E-state index contributed by atoms with van der Waals surface area (Å²) in [5.74, 6) is 0. The van der Waals surface area contributed by atoms with Crippen LogP contribution in [0.25, 0.3) is 0 Å². The van der Waals surface area contributed by atoms with Gasteiger partial charge in [0.2, 0.25) is 0 Å². The largest absolute Gasteiger partial charge is 0.469 e. The Balaban J connectivity index is 6.03. The molecule has 0 aliphatic carbocycles. The Kier molecular flexibility index (Phi) is 4.51. The molecule has 0 atom stereocenters. The first-order chi connectivity index (χ1) is 7.69. The summed E-state index contributed by atoms with van der Waals surface area (Å²) < 4.78 is 113. The predicted octanol–water partition coefficient (Wildman–Crippen LogP) is 1.92. The van der Waals surface area contributed by atoms with Gasteiger partial charge in [0.15, 0.2) is 0 Å². The van der Waals surface area contributed by atoms with E-state index in [1.807, 2.05) is 0 Å². The first-order valence-corrected chi connectivity index (χ1v) is 6.75. The monoisotopic (exact) mass is 319 g/mol. The molecule has 0 aromatic heterocycles. The van der Waals surface area contributed by atoms with Gasteiger partial charge in [-0.1, -0.05) is 4.58 Å². The molecule has 18 heavy (non-hydrogen) atoms. The van der Waals surface area contributed by atoms with Gasteiger partial charge in [-0.15, -0.1) is 19.1 Å². The third-order valence-electron chi connectivity index (χ3n) is 1.52. The first kappa shape index (κ1) is 17.2. The Morgan fingerprint density at radius 3 is 1.33 bits per heavy atom. The lowest BCUT2D eigenvalue weighted by Gasteiger charge is -2.30. The molecule has 0 fully saturated rings. The normalized spacial score (nSPS) is 14.8. The molecule has 0 aromatic carbocycles. The molecule has 0 aromatic rings. The molecule has 0 amide bonds. The number of rotatable bonds is 4. The number of allylic oxidation sites excluding steroid dienone is 1. The van der Waals surface area contributed by atoms with Gasteiger partial charge >= 0.3 is 11.0 Å². The van der Waals surface area contributed by atoms with E-state index in [1.54, 1.807) is 0 Å². The SMILES string of the molecule is C=CC[C-](S(=O)(=O)C(F)(F)F)S(=O)(=O)C(F)(F)F. The van der Waals surface area contributed by atoms with Gasteiger partial charge in [-0.25, -0.2) is 0 Å². The molecule has 0 bridgehead atoms. The average molecular weight is 319 g/mol. The molecule has 4 nitrogen and oxygen atoms in total. The maximum Gasteiger partial charge on any atom is 0.469 e. The summed E-state index contributed by atoms with van der Waals surface area (Å²) >= 11 is 0. The van der Waals surface area contributed by atoms with E-state index in [1.165, 1.54) is 0 Å². The number of halogens is 6. The first-order valence-electron chi connectivity index (χ1n) is 3.79. The highest BCUT2D eigenvalue weighted by molar-refractivity contribution is 8.13. The van der Waals surface area contributed by atoms with Gasteiger partial charge in [0.05, 0.1) is 0 Å². The topological polar surface area (TPSA) is 68.3 Å². The van der Waals surface area contributed by atoms with Crippen LogP contribution in [0.1, 0.15) is 6.42 Å². The summed E-state index contributed by atoms with van der Waals surface area (Å²) in [4.78, 5) is 0. The van der Waals surface area contributed by atoms with Crippen molar-refractivity contribution in [2.45, 2.75) is 17.4 Å². The Labute approximate surface area is 98.1 Å². The Bertz CT molecular complexity index is 467. The number of hydrogen-bond donors (Lipinski definition) is 0. The van der Waals surface area contributed by atoms with E-state index >= 15 is 0 Å². The van der Waals surface area contributed by atoms with Crippen molar-refractivity contribution in [3.63, 3.8) is 0 Å². The summed E-state index contributed by atoms with van der Waals surface area (Å²) in [6.07, 6.45) is -1.30. The van der Waals surface area contributed by atoms with Crippen LogP contribution in [0.3, 0.4) is 0 Å². The van der Waals surface area contributed by atoms with Crippen LogP contribution in [0.5, 0.6) is 0 Å². The van der Waals surface area contributed by atoms with Crippen LogP contribution in [-0.2, 0) is 19.7 Å². The van der Waals surface area contributed by atoms with Crippen molar-refractivity contribution in [3.05, 3.63) is 17.2 Å². The highest BCUT2D eigenvalue weighted by Gasteiger charge is 2.53. The molecule has 0 aliphatic heterocycles. The number of hydrogen-bond acceptors (Lipinski definition) is 4. The minimum atomic E-state index is -6.60. The fourth-order valence-corrected chi connectivity index (χ4v) is 3.65. The zero-order valence-electron chi connectivity index (χ0n) is 8.21. The molecule has 0 spiro atoms. The minimum Gasteiger partial charge on any atom is -0.252 e. The van der Waals surface area contributed by atoms with E-state index in [-0.39, 0.29) is 0 Å². The molecule has 0 saturated heterocycles. The summed E-state index contributed by atoms with van der Waals surface area (Å²) in [5, 5.41) is 0. The summed E-state index contributed by atoms with van der Waals surface area (Å²) in [5.41, 5.74) is -12.3.